The van der Waals surface area contributed by atoms with Gasteiger partial charge in [-0.15, -0.1) is 0 Å². The lowest BCUT2D eigenvalue weighted by atomic mass is 10.1. The van der Waals surface area contributed by atoms with Gasteiger partial charge in [0, 0.05) is 12.0 Å². The number of nitrogens with zero attached hydrogens (tertiary/aromatic N) is 1. The van der Waals surface area contributed by atoms with Crippen LogP contribution in [0.15, 0.2) is 42.5 Å². The predicted octanol–water partition coefficient (Wildman–Crippen LogP) is 3.80. The Morgan fingerprint density at radius 2 is 1.95 bits per heavy atom. The van der Waals surface area contributed by atoms with Crippen LogP contribution in [0.2, 0.25) is 0 Å². The van der Waals surface area contributed by atoms with E-state index in [1.165, 1.54) is 18.2 Å². The highest BCUT2D eigenvalue weighted by Gasteiger charge is 2.05. The van der Waals surface area contributed by atoms with Crippen LogP contribution in [0.25, 0.3) is 0 Å². The fourth-order valence-corrected chi connectivity index (χ4v) is 1.99. The molecule has 0 aliphatic rings. The van der Waals surface area contributed by atoms with Gasteiger partial charge in [-0.1, -0.05) is 12.1 Å². The summed E-state index contributed by atoms with van der Waals surface area (Å²) in [6.45, 7) is 1.63. The average molecular weight is 297 g/mol. The maximum Gasteiger partial charge on any atom is 0.130 e. The van der Waals surface area contributed by atoms with Crippen LogP contribution in [0.4, 0.5) is 4.39 Å². The second kappa shape index (κ2) is 7.37. The number of aryl methyl sites for hydroxylation is 1. The van der Waals surface area contributed by atoms with Gasteiger partial charge in [-0.2, -0.15) is 5.26 Å². The van der Waals surface area contributed by atoms with Gasteiger partial charge in [0.2, 0.25) is 0 Å². The van der Waals surface area contributed by atoms with Crippen LogP contribution in [0.1, 0.15) is 30.0 Å². The third kappa shape index (κ3) is 4.42. The summed E-state index contributed by atoms with van der Waals surface area (Å²) in [5, 5.41) is 8.82. The largest absolute Gasteiger partial charge is 0.489 e. The zero-order chi connectivity index (χ0) is 15.9. The van der Waals surface area contributed by atoms with Crippen molar-refractivity contribution in [3.05, 3.63) is 65.0 Å². The van der Waals surface area contributed by atoms with Crippen molar-refractivity contribution in [2.24, 2.45) is 0 Å². The predicted molar refractivity (Wildman–Crippen MR) is 80.9 cm³/mol. The molecule has 0 aliphatic heterocycles. The highest BCUT2D eigenvalue weighted by atomic mass is 19.1. The van der Waals surface area contributed by atoms with Crippen molar-refractivity contribution in [3.63, 3.8) is 0 Å². The van der Waals surface area contributed by atoms with E-state index < -0.39 is 5.82 Å². The molecule has 0 N–H and O–H groups in total. The van der Waals surface area contributed by atoms with Crippen molar-refractivity contribution in [2.75, 3.05) is 0 Å². The second-order valence-corrected chi connectivity index (χ2v) is 5.05. The summed E-state index contributed by atoms with van der Waals surface area (Å²) >= 11 is 0. The summed E-state index contributed by atoms with van der Waals surface area (Å²) in [5.41, 5.74) is 1.81. The van der Waals surface area contributed by atoms with Crippen LogP contribution in [0, 0.1) is 17.1 Å². The molecule has 0 saturated carbocycles. The normalized spacial score (nSPS) is 10.0. The standard InChI is InChI=1S/C18H16FNO2/c1-13(21)2-3-14-4-7-17(8-5-14)22-12-16-10-15(11-20)6-9-18(16)19/h4-10H,2-3,12H2,1H3. The number of carbonyl (C=O) groups excluding carboxylic acids is 1. The van der Waals surface area contributed by atoms with E-state index in [1.807, 2.05) is 18.2 Å². The smallest absolute Gasteiger partial charge is 0.130 e. The summed E-state index contributed by atoms with van der Waals surface area (Å²) in [4.78, 5) is 10.9. The lowest BCUT2D eigenvalue weighted by molar-refractivity contribution is -0.116. The Kier molecular flexibility index (Phi) is 5.26. The van der Waals surface area contributed by atoms with E-state index in [9.17, 15) is 9.18 Å². The Labute approximate surface area is 129 Å². The first-order valence-electron chi connectivity index (χ1n) is 6.98. The molecule has 0 unspecified atom stereocenters. The highest BCUT2D eigenvalue weighted by molar-refractivity contribution is 5.75. The highest BCUT2D eigenvalue weighted by Crippen LogP contribution is 2.17. The van der Waals surface area contributed by atoms with E-state index in [-0.39, 0.29) is 12.4 Å². The SMILES string of the molecule is CC(=O)CCc1ccc(OCc2cc(C#N)ccc2F)cc1. The van der Waals surface area contributed by atoms with Crippen LogP contribution in [0.5, 0.6) is 5.75 Å². The lowest BCUT2D eigenvalue weighted by Crippen LogP contribution is -1.99. The molecule has 0 aliphatic carbocycles. The molecular formula is C18H16FNO2. The first kappa shape index (κ1) is 15.7. The maximum atomic E-state index is 13.6. The average Bonchev–Trinajstić information content (AvgIpc) is 2.53. The molecule has 4 heteroatoms. The maximum absolute atomic E-state index is 13.6. The molecule has 0 fully saturated rings. The minimum absolute atomic E-state index is 0.0636. The molecule has 0 aromatic heterocycles. The lowest BCUT2D eigenvalue weighted by Gasteiger charge is -2.08. The number of nitriles is 1. The van der Waals surface area contributed by atoms with Crippen LogP contribution in [0.3, 0.4) is 0 Å². The quantitative estimate of drug-likeness (QED) is 0.815. The molecular weight excluding hydrogens is 281 g/mol. The van der Waals surface area contributed by atoms with E-state index >= 15 is 0 Å². The Balaban J connectivity index is 1.97. The van der Waals surface area contributed by atoms with Crippen LogP contribution in [-0.2, 0) is 17.8 Å². The summed E-state index contributed by atoms with van der Waals surface area (Å²) in [6.07, 6.45) is 1.22. The molecule has 0 heterocycles. The van der Waals surface area contributed by atoms with Crippen molar-refractivity contribution in [2.45, 2.75) is 26.4 Å². The number of rotatable bonds is 6. The second-order valence-electron chi connectivity index (χ2n) is 5.05. The minimum Gasteiger partial charge on any atom is -0.489 e. The summed E-state index contributed by atoms with van der Waals surface area (Å²) in [5.74, 6) is 0.388. The molecule has 3 nitrogen and oxygen atoms in total. The van der Waals surface area contributed by atoms with Crippen LogP contribution >= 0.6 is 0 Å². The van der Waals surface area contributed by atoms with Crippen molar-refractivity contribution >= 4 is 5.78 Å². The number of hydrogen-bond donors (Lipinski definition) is 0. The van der Waals surface area contributed by atoms with Gasteiger partial charge in [0.05, 0.1) is 11.6 Å². The number of hydrogen-bond acceptors (Lipinski definition) is 3. The molecule has 2 aromatic rings. The Morgan fingerprint density at radius 3 is 2.59 bits per heavy atom. The van der Waals surface area contributed by atoms with E-state index in [2.05, 4.69) is 0 Å². The molecule has 0 atom stereocenters. The molecule has 112 valence electrons. The molecule has 0 radical (unpaired) electrons. The number of Topliss-reactive ketones (excluding diaryl/α,β-unsaturated/α-hetero) is 1. The van der Waals surface area contributed by atoms with E-state index in [4.69, 9.17) is 10.00 Å². The molecule has 22 heavy (non-hydrogen) atoms. The number of halogens is 1. The molecule has 0 amide bonds. The van der Waals surface area contributed by atoms with Gasteiger partial charge in [0.25, 0.3) is 0 Å². The zero-order valence-corrected chi connectivity index (χ0v) is 12.3. The Bertz CT molecular complexity index is 702. The first-order valence-corrected chi connectivity index (χ1v) is 6.98. The van der Waals surface area contributed by atoms with Gasteiger partial charge in [-0.3, -0.25) is 0 Å². The van der Waals surface area contributed by atoms with Gasteiger partial charge in [-0.25, -0.2) is 4.39 Å². The van der Waals surface area contributed by atoms with Crippen molar-refractivity contribution in [3.8, 4) is 11.8 Å². The van der Waals surface area contributed by atoms with E-state index in [0.29, 0.717) is 29.7 Å². The number of carbonyl (C=O) groups is 1. The fourth-order valence-electron chi connectivity index (χ4n) is 1.99. The van der Waals surface area contributed by atoms with Gasteiger partial charge < -0.3 is 9.53 Å². The topological polar surface area (TPSA) is 50.1 Å². The molecule has 0 bridgehead atoms. The molecule has 2 rings (SSSR count). The summed E-state index contributed by atoms with van der Waals surface area (Å²) < 4.78 is 19.2. The van der Waals surface area contributed by atoms with Crippen molar-refractivity contribution in [1.29, 1.82) is 5.26 Å². The number of ketones is 1. The zero-order valence-electron chi connectivity index (χ0n) is 12.3. The minimum atomic E-state index is -0.392. The first-order chi connectivity index (χ1) is 10.6. The fraction of sp³-hybridized carbons (Fsp3) is 0.222. The van der Waals surface area contributed by atoms with Gasteiger partial charge >= 0.3 is 0 Å². The van der Waals surface area contributed by atoms with Gasteiger partial charge in [0.1, 0.15) is 24.0 Å². The molecule has 0 spiro atoms. The van der Waals surface area contributed by atoms with Gasteiger partial charge in [0.15, 0.2) is 0 Å². The van der Waals surface area contributed by atoms with Crippen molar-refractivity contribution < 1.29 is 13.9 Å². The number of ether oxygens (including phenoxy) is 1. The number of benzene rings is 2. The van der Waals surface area contributed by atoms with Crippen LogP contribution in [-0.4, -0.2) is 5.78 Å². The Morgan fingerprint density at radius 1 is 1.23 bits per heavy atom. The summed E-state index contributed by atoms with van der Waals surface area (Å²) in [7, 11) is 0. The van der Waals surface area contributed by atoms with E-state index in [0.717, 1.165) is 5.56 Å². The molecule has 2 aromatic carbocycles. The van der Waals surface area contributed by atoms with E-state index in [1.54, 1.807) is 19.1 Å². The Hall–Kier alpha value is -2.67. The molecule has 0 saturated heterocycles. The monoisotopic (exact) mass is 297 g/mol. The third-order valence-corrected chi connectivity index (χ3v) is 3.26. The van der Waals surface area contributed by atoms with Gasteiger partial charge in [-0.05, 0) is 49.2 Å². The van der Waals surface area contributed by atoms with Crippen molar-refractivity contribution in [1.82, 2.24) is 0 Å². The van der Waals surface area contributed by atoms with Crippen LogP contribution < -0.4 is 4.74 Å². The summed E-state index contributed by atoms with van der Waals surface area (Å²) in [6, 6.07) is 13.5. The third-order valence-electron chi connectivity index (χ3n) is 3.26.